The lowest BCUT2D eigenvalue weighted by atomic mass is 9.90. The maximum Gasteiger partial charge on any atom is 0.410 e. The summed E-state index contributed by atoms with van der Waals surface area (Å²) >= 11 is 0. The zero-order valence-electron chi connectivity index (χ0n) is 13.3. The van der Waals surface area contributed by atoms with Crippen LogP contribution in [0.2, 0.25) is 0 Å². The molecule has 3 rings (SSSR count). The molecule has 0 spiro atoms. The van der Waals surface area contributed by atoms with Gasteiger partial charge < -0.3 is 4.74 Å². The van der Waals surface area contributed by atoms with Crippen LogP contribution < -0.4 is 0 Å². The van der Waals surface area contributed by atoms with Crippen molar-refractivity contribution in [3.8, 4) is 0 Å². The lowest BCUT2D eigenvalue weighted by molar-refractivity contribution is 0.0750. The number of hydrogen-bond acceptors (Lipinski definition) is 2. The van der Waals surface area contributed by atoms with Crippen LogP contribution in [0.5, 0.6) is 0 Å². The second-order valence-electron chi connectivity index (χ2n) is 5.84. The molecule has 0 N–H and O–H groups in total. The van der Waals surface area contributed by atoms with Gasteiger partial charge >= 0.3 is 6.09 Å². The topological polar surface area (TPSA) is 29.5 Å². The number of rotatable bonds is 3. The molecule has 2 atom stereocenters. The van der Waals surface area contributed by atoms with E-state index in [0.29, 0.717) is 13.2 Å². The van der Waals surface area contributed by atoms with Crippen LogP contribution in [-0.4, -0.2) is 17.5 Å². The summed E-state index contributed by atoms with van der Waals surface area (Å²) in [6, 6.07) is 19.9. The minimum Gasteiger partial charge on any atom is -0.445 e. The highest BCUT2D eigenvalue weighted by molar-refractivity contribution is 5.69. The Kier molecular flexibility index (Phi) is 4.77. The normalized spacial score (nSPS) is 20.3. The Morgan fingerprint density at radius 1 is 1.09 bits per heavy atom. The Morgan fingerprint density at radius 3 is 2.43 bits per heavy atom. The van der Waals surface area contributed by atoms with E-state index in [1.54, 1.807) is 0 Å². The molecule has 1 heterocycles. The number of benzene rings is 2. The summed E-state index contributed by atoms with van der Waals surface area (Å²) in [6.07, 6.45) is 3.94. The summed E-state index contributed by atoms with van der Waals surface area (Å²) in [5, 5.41) is 0. The van der Waals surface area contributed by atoms with Crippen molar-refractivity contribution in [1.82, 2.24) is 4.90 Å². The van der Waals surface area contributed by atoms with E-state index in [0.717, 1.165) is 11.1 Å². The standard InChI is InChI=1S/C20H21NO2/c1-16-9-8-14-21(19(16)18-12-6-3-7-13-18)20(22)23-15-17-10-4-2-5-11-17/h2-13,16,19H,14-15H2,1H3/t16-,19+/m0/s1. The van der Waals surface area contributed by atoms with Gasteiger partial charge in [0.25, 0.3) is 0 Å². The maximum absolute atomic E-state index is 12.6. The predicted molar refractivity (Wildman–Crippen MR) is 90.8 cm³/mol. The van der Waals surface area contributed by atoms with Crippen molar-refractivity contribution in [3.05, 3.63) is 83.9 Å². The summed E-state index contributed by atoms with van der Waals surface area (Å²) in [5.74, 6) is 0.260. The molecule has 3 nitrogen and oxygen atoms in total. The van der Waals surface area contributed by atoms with Crippen LogP contribution in [-0.2, 0) is 11.3 Å². The molecule has 2 aromatic carbocycles. The van der Waals surface area contributed by atoms with Gasteiger partial charge in [0.1, 0.15) is 6.61 Å². The minimum absolute atomic E-state index is 0.0180. The molecule has 0 saturated heterocycles. The first-order valence-electron chi connectivity index (χ1n) is 7.94. The van der Waals surface area contributed by atoms with Gasteiger partial charge in [0.2, 0.25) is 0 Å². The quantitative estimate of drug-likeness (QED) is 0.777. The first-order chi connectivity index (χ1) is 11.3. The van der Waals surface area contributed by atoms with Crippen LogP contribution >= 0.6 is 0 Å². The monoisotopic (exact) mass is 307 g/mol. The van der Waals surface area contributed by atoms with Gasteiger partial charge in [-0.25, -0.2) is 4.79 Å². The third kappa shape index (κ3) is 3.62. The van der Waals surface area contributed by atoms with Crippen LogP contribution in [0, 0.1) is 5.92 Å². The highest BCUT2D eigenvalue weighted by atomic mass is 16.6. The molecule has 0 saturated carbocycles. The molecule has 0 aromatic heterocycles. The average Bonchev–Trinajstić information content (AvgIpc) is 2.61. The molecule has 23 heavy (non-hydrogen) atoms. The Balaban J connectivity index is 1.73. The Hall–Kier alpha value is -2.55. The molecule has 118 valence electrons. The first kappa shape index (κ1) is 15.3. The number of carbonyl (C=O) groups excluding carboxylic acids is 1. The van der Waals surface area contributed by atoms with Gasteiger partial charge in [0, 0.05) is 6.54 Å². The van der Waals surface area contributed by atoms with Crippen molar-refractivity contribution in [2.24, 2.45) is 5.92 Å². The van der Waals surface area contributed by atoms with E-state index in [9.17, 15) is 4.79 Å². The Labute approximate surface area is 137 Å². The number of carbonyl (C=O) groups is 1. The minimum atomic E-state index is -0.265. The fourth-order valence-corrected chi connectivity index (χ4v) is 3.02. The van der Waals surface area contributed by atoms with Crippen LogP contribution in [0.15, 0.2) is 72.8 Å². The van der Waals surface area contributed by atoms with E-state index in [2.05, 4.69) is 25.1 Å². The molecule has 1 aliphatic rings. The molecule has 0 radical (unpaired) electrons. The largest absolute Gasteiger partial charge is 0.445 e. The first-order valence-corrected chi connectivity index (χ1v) is 7.94. The van der Waals surface area contributed by atoms with E-state index < -0.39 is 0 Å². The van der Waals surface area contributed by atoms with Gasteiger partial charge in [-0.1, -0.05) is 79.7 Å². The lowest BCUT2D eigenvalue weighted by Crippen LogP contribution is -2.40. The molecular formula is C20H21NO2. The molecule has 0 aliphatic carbocycles. The second-order valence-corrected chi connectivity index (χ2v) is 5.84. The van der Waals surface area contributed by atoms with Crippen molar-refractivity contribution in [2.45, 2.75) is 19.6 Å². The molecule has 3 heteroatoms. The molecule has 1 aliphatic heterocycles. The lowest BCUT2D eigenvalue weighted by Gasteiger charge is -2.36. The van der Waals surface area contributed by atoms with E-state index >= 15 is 0 Å². The zero-order valence-corrected chi connectivity index (χ0v) is 13.3. The fraction of sp³-hybridized carbons (Fsp3) is 0.250. The zero-order chi connectivity index (χ0) is 16.1. The smallest absolute Gasteiger partial charge is 0.410 e. The van der Waals surface area contributed by atoms with E-state index in [1.165, 1.54) is 0 Å². The molecule has 0 unspecified atom stereocenters. The SMILES string of the molecule is C[C@H]1C=CCN(C(=O)OCc2ccccc2)[C@H]1c1ccccc1. The number of hydrogen-bond donors (Lipinski definition) is 0. The van der Waals surface area contributed by atoms with Crippen LogP contribution in [0.1, 0.15) is 24.1 Å². The van der Waals surface area contributed by atoms with Crippen molar-refractivity contribution < 1.29 is 9.53 Å². The van der Waals surface area contributed by atoms with Crippen molar-refractivity contribution >= 4 is 6.09 Å². The number of amides is 1. The molecule has 1 amide bonds. The van der Waals surface area contributed by atoms with Crippen molar-refractivity contribution in [2.75, 3.05) is 6.54 Å². The van der Waals surface area contributed by atoms with Gasteiger partial charge in [-0.05, 0) is 17.0 Å². The van der Waals surface area contributed by atoms with Gasteiger partial charge in [-0.3, -0.25) is 4.90 Å². The van der Waals surface area contributed by atoms with Gasteiger partial charge in [0.05, 0.1) is 6.04 Å². The summed E-state index contributed by atoms with van der Waals surface area (Å²) in [4.78, 5) is 14.4. The summed E-state index contributed by atoms with van der Waals surface area (Å²) in [7, 11) is 0. The Bertz CT molecular complexity index is 667. The van der Waals surface area contributed by atoms with Gasteiger partial charge in [-0.15, -0.1) is 0 Å². The number of nitrogens with zero attached hydrogens (tertiary/aromatic N) is 1. The van der Waals surface area contributed by atoms with E-state index in [-0.39, 0.29) is 18.1 Å². The second kappa shape index (κ2) is 7.14. The fourth-order valence-electron chi connectivity index (χ4n) is 3.02. The highest BCUT2D eigenvalue weighted by Gasteiger charge is 2.31. The van der Waals surface area contributed by atoms with Crippen LogP contribution in [0.25, 0.3) is 0 Å². The molecule has 0 fully saturated rings. The highest BCUT2D eigenvalue weighted by Crippen LogP contribution is 2.32. The molecular weight excluding hydrogens is 286 g/mol. The maximum atomic E-state index is 12.6. The predicted octanol–water partition coefficient (Wildman–Crippen LogP) is 4.57. The average molecular weight is 307 g/mol. The Morgan fingerprint density at radius 2 is 1.74 bits per heavy atom. The molecule has 0 bridgehead atoms. The van der Waals surface area contributed by atoms with Crippen LogP contribution in [0.3, 0.4) is 0 Å². The van der Waals surface area contributed by atoms with E-state index in [1.807, 2.05) is 59.5 Å². The van der Waals surface area contributed by atoms with Crippen molar-refractivity contribution in [1.29, 1.82) is 0 Å². The van der Waals surface area contributed by atoms with Crippen molar-refractivity contribution in [3.63, 3.8) is 0 Å². The van der Waals surface area contributed by atoms with E-state index in [4.69, 9.17) is 4.74 Å². The van der Waals surface area contributed by atoms with Gasteiger partial charge in [0.15, 0.2) is 0 Å². The van der Waals surface area contributed by atoms with Gasteiger partial charge in [-0.2, -0.15) is 0 Å². The number of ether oxygens (including phenoxy) is 1. The summed E-state index contributed by atoms with van der Waals surface area (Å²) in [5.41, 5.74) is 2.14. The summed E-state index contributed by atoms with van der Waals surface area (Å²) < 4.78 is 5.52. The third-order valence-electron chi connectivity index (χ3n) is 4.16. The third-order valence-corrected chi connectivity index (χ3v) is 4.16. The summed E-state index contributed by atoms with van der Waals surface area (Å²) in [6.45, 7) is 3.01. The molecule has 2 aromatic rings. The van der Waals surface area contributed by atoms with Crippen LogP contribution in [0.4, 0.5) is 4.79 Å².